The lowest BCUT2D eigenvalue weighted by molar-refractivity contribution is 0.0557. The molecule has 1 aliphatic heterocycles. The summed E-state index contributed by atoms with van der Waals surface area (Å²) in [6.45, 7) is 2.37. The van der Waals surface area contributed by atoms with E-state index in [1.165, 1.54) is 0 Å². The minimum atomic E-state index is -0.510. The van der Waals surface area contributed by atoms with Gasteiger partial charge in [-0.25, -0.2) is 9.78 Å². The van der Waals surface area contributed by atoms with E-state index >= 15 is 0 Å². The van der Waals surface area contributed by atoms with Gasteiger partial charge in [0.1, 0.15) is 12.9 Å². The fourth-order valence-electron chi connectivity index (χ4n) is 2.62. The van der Waals surface area contributed by atoms with Crippen LogP contribution in [0.5, 0.6) is 0 Å². The van der Waals surface area contributed by atoms with Gasteiger partial charge in [-0.05, 0) is 24.9 Å². The van der Waals surface area contributed by atoms with Gasteiger partial charge < -0.3 is 9.64 Å². The summed E-state index contributed by atoms with van der Waals surface area (Å²) in [6.07, 6.45) is 1.56. The number of hydrogen-bond acceptors (Lipinski definition) is 4. The Bertz CT molecular complexity index is 813. The van der Waals surface area contributed by atoms with Gasteiger partial charge in [0.25, 0.3) is 5.91 Å². The highest BCUT2D eigenvalue weighted by molar-refractivity contribution is 7.18. The maximum absolute atomic E-state index is 12.6. The van der Waals surface area contributed by atoms with Gasteiger partial charge in [-0.1, -0.05) is 11.6 Å². The third kappa shape index (κ3) is 2.66. The second-order valence-electron chi connectivity index (χ2n) is 5.39. The van der Waals surface area contributed by atoms with Gasteiger partial charge >= 0.3 is 5.97 Å². The molecule has 1 aliphatic rings. The number of imidazole rings is 1. The summed E-state index contributed by atoms with van der Waals surface area (Å²) in [6, 6.07) is 5.65. The van der Waals surface area contributed by atoms with Crippen LogP contribution in [0.4, 0.5) is 0 Å². The van der Waals surface area contributed by atoms with Crippen LogP contribution in [0.25, 0.3) is 5.69 Å². The number of aryl methyl sites for hydroxylation is 1. The number of hydrogen-bond donors (Lipinski definition) is 0. The van der Waals surface area contributed by atoms with Crippen LogP contribution in [0.15, 0.2) is 24.5 Å². The van der Waals surface area contributed by atoms with Crippen molar-refractivity contribution in [2.24, 2.45) is 0 Å². The van der Waals surface area contributed by atoms with Crippen LogP contribution in [0.2, 0.25) is 0 Å². The number of fused-ring (bicyclic) bond motifs is 3. The summed E-state index contributed by atoms with van der Waals surface area (Å²) >= 11 is 0. The van der Waals surface area contributed by atoms with E-state index in [1.807, 2.05) is 25.1 Å². The van der Waals surface area contributed by atoms with Crippen LogP contribution in [0.3, 0.4) is 0 Å². The van der Waals surface area contributed by atoms with Crippen molar-refractivity contribution in [3.8, 4) is 5.69 Å². The first-order valence-electron chi connectivity index (χ1n) is 7.11. The highest BCUT2D eigenvalue weighted by Gasteiger charge is 2.28. The third-order valence-electron chi connectivity index (χ3n) is 3.73. The summed E-state index contributed by atoms with van der Waals surface area (Å²) in [7, 11) is 4.85. The molecule has 2 aromatic rings. The van der Waals surface area contributed by atoms with Crippen LogP contribution < -0.4 is 0 Å². The quantitative estimate of drug-likeness (QED) is 0.637. The molecule has 1 aromatic heterocycles. The molecule has 1 aromatic carbocycles. The van der Waals surface area contributed by atoms with Crippen molar-refractivity contribution in [3.05, 3.63) is 47.0 Å². The lowest BCUT2D eigenvalue weighted by atomic mass is 10.1. The second kappa shape index (κ2) is 5.97. The molecule has 1 amide bonds. The predicted octanol–water partition coefficient (Wildman–Crippen LogP) is 1.87. The molecule has 0 bridgehead atoms. The molecule has 0 saturated heterocycles. The first kappa shape index (κ1) is 15.4. The smallest absolute Gasteiger partial charge is 0.359 e. The molecular weight excluding hydrogens is 313 g/mol. The summed E-state index contributed by atoms with van der Waals surface area (Å²) < 4.78 is 6.87. The predicted molar refractivity (Wildman–Crippen MR) is 88.8 cm³/mol. The molecule has 23 heavy (non-hydrogen) atoms. The molecule has 0 N–H and O–H groups in total. The first-order chi connectivity index (χ1) is 11.0. The van der Waals surface area contributed by atoms with Crippen LogP contribution >= 0.6 is 8.86 Å². The van der Waals surface area contributed by atoms with Crippen LogP contribution in [0, 0.1) is 6.92 Å². The first-order valence-corrected chi connectivity index (χ1v) is 7.69. The zero-order chi connectivity index (χ0) is 16.6. The van der Waals surface area contributed by atoms with Crippen LogP contribution in [-0.4, -0.2) is 45.8 Å². The summed E-state index contributed by atoms with van der Waals surface area (Å²) in [5.74, 6) is 0.963. The van der Waals surface area contributed by atoms with E-state index in [0.717, 1.165) is 11.3 Å². The monoisotopic (exact) mass is 329 g/mol. The number of aromatic nitrogens is 2. The molecule has 0 atom stereocenters. The number of rotatable bonds is 3. The van der Waals surface area contributed by atoms with Crippen molar-refractivity contribution < 1.29 is 14.3 Å². The van der Waals surface area contributed by atoms with Crippen molar-refractivity contribution >= 4 is 26.5 Å². The van der Waals surface area contributed by atoms with Gasteiger partial charge in [0, 0.05) is 7.05 Å². The summed E-state index contributed by atoms with van der Waals surface area (Å²) in [5.41, 5.74) is 3.19. The third-order valence-corrected chi connectivity index (χ3v) is 3.90. The van der Waals surface area contributed by atoms with Crippen LogP contribution in [0.1, 0.15) is 32.1 Å². The number of carbonyl (C=O) groups excluding carboxylic acids is 2. The molecule has 7 heteroatoms. The molecule has 0 saturated carbocycles. The Kier molecular flexibility index (Phi) is 4.01. The van der Waals surface area contributed by atoms with E-state index in [2.05, 4.69) is 13.8 Å². The average Bonchev–Trinajstić information content (AvgIpc) is 2.91. The van der Waals surface area contributed by atoms with Crippen molar-refractivity contribution in [1.82, 2.24) is 14.5 Å². The number of ether oxygens (including phenoxy) is 1. The Morgan fingerprint density at radius 3 is 3.00 bits per heavy atom. The van der Waals surface area contributed by atoms with E-state index in [1.54, 1.807) is 28.6 Å². The lowest BCUT2D eigenvalue weighted by Gasteiger charge is -2.14. The molecule has 0 aliphatic carbocycles. The molecule has 6 nitrogen and oxygen atoms in total. The number of benzene rings is 1. The molecule has 0 fully saturated rings. The zero-order valence-corrected chi connectivity index (χ0v) is 13.9. The normalized spacial score (nSPS) is 13.1. The van der Waals surface area contributed by atoms with Crippen LogP contribution in [-0.2, 0) is 11.3 Å². The molecule has 118 valence electrons. The average molecular weight is 329 g/mol. The van der Waals surface area contributed by atoms with E-state index < -0.39 is 5.97 Å². The molecule has 2 heterocycles. The highest BCUT2D eigenvalue weighted by atomic mass is 31.0. The molecular formula is C16H16N3O3P. The molecule has 0 spiro atoms. The van der Waals surface area contributed by atoms with Crippen molar-refractivity contribution in [1.29, 1.82) is 0 Å². The Labute approximate surface area is 135 Å². The van der Waals surface area contributed by atoms with Gasteiger partial charge in [0.15, 0.2) is 5.69 Å². The minimum Gasteiger partial charge on any atom is -0.456 e. The molecule has 3 rings (SSSR count). The van der Waals surface area contributed by atoms with Crippen molar-refractivity contribution in [3.63, 3.8) is 0 Å². The SMILES string of the molecule is Cc1ccc2c(c1)C(=O)N(C)Cc1c(C(=O)OCC=P)ncn1-2. The van der Waals surface area contributed by atoms with E-state index in [-0.39, 0.29) is 24.8 Å². The van der Waals surface area contributed by atoms with E-state index in [0.29, 0.717) is 11.3 Å². The zero-order valence-electron chi connectivity index (χ0n) is 12.9. The van der Waals surface area contributed by atoms with Gasteiger partial charge in [-0.2, -0.15) is 0 Å². The van der Waals surface area contributed by atoms with E-state index in [4.69, 9.17) is 4.74 Å². The number of esters is 1. The number of nitrogens with zero attached hydrogens (tertiary/aromatic N) is 3. The fourth-order valence-corrected chi connectivity index (χ4v) is 2.71. The summed E-state index contributed by atoms with van der Waals surface area (Å²) in [4.78, 5) is 30.5. The lowest BCUT2D eigenvalue weighted by Crippen LogP contribution is -2.26. The fraction of sp³-hybridized carbons (Fsp3) is 0.250. The Balaban J connectivity index is 2.13. The molecule has 0 unspecified atom stereocenters. The van der Waals surface area contributed by atoms with Gasteiger partial charge in [0.05, 0.1) is 23.5 Å². The van der Waals surface area contributed by atoms with Gasteiger partial charge in [-0.15, -0.1) is 8.86 Å². The van der Waals surface area contributed by atoms with E-state index in [9.17, 15) is 9.59 Å². The number of carbonyl (C=O) groups is 2. The van der Waals surface area contributed by atoms with Crippen molar-refractivity contribution in [2.45, 2.75) is 13.5 Å². The van der Waals surface area contributed by atoms with Gasteiger partial charge in [-0.3, -0.25) is 9.36 Å². The second-order valence-corrected chi connectivity index (χ2v) is 5.80. The van der Waals surface area contributed by atoms with Gasteiger partial charge in [0.2, 0.25) is 0 Å². The molecule has 0 radical (unpaired) electrons. The topological polar surface area (TPSA) is 64.4 Å². The maximum atomic E-state index is 12.6. The highest BCUT2D eigenvalue weighted by Crippen LogP contribution is 2.26. The number of amides is 1. The largest absolute Gasteiger partial charge is 0.456 e. The summed E-state index contributed by atoms with van der Waals surface area (Å²) in [5, 5.41) is 0. The maximum Gasteiger partial charge on any atom is 0.359 e. The Morgan fingerprint density at radius 2 is 2.26 bits per heavy atom. The Morgan fingerprint density at radius 1 is 1.48 bits per heavy atom. The van der Waals surface area contributed by atoms with Crippen molar-refractivity contribution in [2.75, 3.05) is 13.7 Å². The Hall–Kier alpha value is -2.46. The standard InChI is InChI=1S/C16H16N3O3P/c1-10-3-4-12-11(7-10)15(20)18(2)8-13-14(17-9-19(12)13)16(21)22-5-6-23/h3-4,6-7,9,23H,5,8H2,1-2H3. The minimum absolute atomic E-state index is 0.0831.